The molecule has 0 aromatic heterocycles. The highest BCUT2D eigenvalue weighted by molar-refractivity contribution is 7.99. The van der Waals surface area contributed by atoms with Gasteiger partial charge in [0, 0.05) is 31.7 Å². The second-order valence-corrected chi connectivity index (χ2v) is 11.7. The van der Waals surface area contributed by atoms with Crippen molar-refractivity contribution < 1.29 is 34.0 Å². The lowest BCUT2D eigenvalue weighted by Gasteiger charge is -2.44. The molecule has 4 rings (SSSR count). The van der Waals surface area contributed by atoms with Crippen LogP contribution >= 0.6 is 23.4 Å². The second kappa shape index (κ2) is 12.9. The van der Waals surface area contributed by atoms with Crippen LogP contribution in [0.15, 0.2) is 24.3 Å². The third-order valence-electron chi connectivity index (χ3n) is 7.52. The Morgan fingerprint density at radius 3 is 2.78 bits per heavy atom. The van der Waals surface area contributed by atoms with Crippen molar-refractivity contribution in [3.8, 4) is 0 Å². The van der Waals surface area contributed by atoms with E-state index in [9.17, 15) is 24.5 Å². The number of ether oxygens (including phenoxy) is 2. The molecular formula is C25H37ClFN3O6S. The number of alkyl halides is 1. The maximum atomic E-state index is 13.5. The van der Waals surface area contributed by atoms with Crippen LogP contribution in [-0.4, -0.2) is 100 Å². The summed E-state index contributed by atoms with van der Waals surface area (Å²) in [6.07, 6.45) is -2.16. The van der Waals surface area contributed by atoms with Crippen LogP contribution in [0.1, 0.15) is 25.3 Å². The Morgan fingerprint density at radius 2 is 2.08 bits per heavy atom. The second-order valence-electron chi connectivity index (χ2n) is 10.1. The minimum Gasteiger partial charge on any atom is -0.388 e. The summed E-state index contributed by atoms with van der Waals surface area (Å²) in [6, 6.07) is 5.26. The summed E-state index contributed by atoms with van der Waals surface area (Å²) < 4.78 is 25.5. The van der Waals surface area contributed by atoms with Gasteiger partial charge in [0.25, 0.3) is 0 Å². The zero-order valence-electron chi connectivity index (χ0n) is 20.9. The van der Waals surface area contributed by atoms with Crippen LogP contribution in [0, 0.1) is 11.7 Å². The molecule has 12 heteroatoms. The molecule has 11 atom stereocenters. The van der Waals surface area contributed by atoms with Gasteiger partial charge in [-0.1, -0.05) is 12.1 Å². The van der Waals surface area contributed by atoms with Gasteiger partial charge in [0.2, 0.25) is 5.91 Å². The van der Waals surface area contributed by atoms with Gasteiger partial charge in [-0.05, 0) is 43.7 Å². The Labute approximate surface area is 225 Å². The molecule has 0 aliphatic carbocycles. The molecule has 3 aliphatic rings. The number of halogens is 2. The van der Waals surface area contributed by atoms with E-state index in [1.165, 1.54) is 23.9 Å². The molecule has 0 radical (unpaired) electrons. The van der Waals surface area contributed by atoms with Crippen LogP contribution in [0.5, 0.6) is 0 Å². The predicted molar refractivity (Wildman–Crippen MR) is 139 cm³/mol. The number of fused-ring (bicyclic) bond motifs is 1. The average molecular weight is 562 g/mol. The summed E-state index contributed by atoms with van der Waals surface area (Å²) in [6.45, 7) is 3.31. The standard InChI is InChI=1S/C25H37ClFN3O6S/c1-12(26)17(23-20(32)19(31)21(33)25(36-23)37-2)30-24(34)18-22-14(11-29-18)9-16(6-7-35-22)28-10-13-4-3-5-15(27)8-13/h3-5,8,12,14,16-23,25,28-29,31-33H,6-7,9-11H2,1-2H3,(H,30,34)/t12-,14-,16?,17+,18-,19?,20?,21+,22+,23+,25?/m0/s1. The number of carbonyl (C=O) groups is 1. The van der Waals surface area contributed by atoms with Crippen molar-refractivity contribution in [2.24, 2.45) is 5.92 Å². The lowest BCUT2D eigenvalue weighted by Crippen LogP contribution is -2.65. The maximum Gasteiger partial charge on any atom is 0.240 e. The number of thioether (sulfide) groups is 1. The zero-order chi connectivity index (χ0) is 26.7. The third kappa shape index (κ3) is 6.77. The Balaban J connectivity index is 1.37. The SMILES string of the molecule is CSC1O[C@H]([C@H](NC(=O)[C@H]2NC[C@@H]3CC(NCc4cccc(F)c4)CCO[C@H]32)[C@H](C)Cl)C(O)C(O)[C@H]1O. The first-order valence-corrected chi connectivity index (χ1v) is 14.4. The van der Waals surface area contributed by atoms with Gasteiger partial charge in [-0.15, -0.1) is 23.4 Å². The molecule has 0 spiro atoms. The number of amides is 1. The van der Waals surface area contributed by atoms with Crippen molar-refractivity contribution in [2.75, 3.05) is 19.4 Å². The maximum absolute atomic E-state index is 13.5. The molecule has 37 heavy (non-hydrogen) atoms. The molecule has 3 fully saturated rings. The van der Waals surface area contributed by atoms with Gasteiger partial charge in [-0.3, -0.25) is 4.79 Å². The summed E-state index contributed by atoms with van der Waals surface area (Å²) in [5, 5.41) is 40.1. The molecule has 3 saturated heterocycles. The summed E-state index contributed by atoms with van der Waals surface area (Å²) in [5.41, 5.74) is 0.104. The number of rotatable bonds is 8. The highest BCUT2D eigenvalue weighted by atomic mass is 35.5. The van der Waals surface area contributed by atoms with Crippen LogP contribution in [-0.2, 0) is 20.8 Å². The lowest BCUT2D eigenvalue weighted by atomic mass is 9.92. The average Bonchev–Trinajstić information content (AvgIpc) is 3.15. The zero-order valence-corrected chi connectivity index (χ0v) is 22.5. The quantitative estimate of drug-likeness (QED) is 0.249. The van der Waals surface area contributed by atoms with Gasteiger partial charge >= 0.3 is 0 Å². The van der Waals surface area contributed by atoms with Gasteiger partial charge in [0.15, 0.2) is 0 Å². The fourth-order valence-corrected chi connectivity index (χ4v) is 6.36. The normalized spacial score (nSPS) is 37.9. The summed E-state index contributed by atoms with van der Waals surface area (Å²) >= 11 is 7.61. The van der Waals surface area contributed by atoms with Crippen molar-refractivity contribution in [2.45, 2.75) is 85.8 Å². The smallest absolute Gasteiger partial charge is 0.240 e. The van der Waals surface area contributed by atoms with E-state index in [-0.39, 0.29) is 29.8 Å². The minimum absolute atomic E-state index is 0.101. The first-order valence-electron chi connectivity index (χ1n) is 12.7. The van der Waals surface area contributed by atoms with Gasteiger partial charge < -0.3 is 40.7 Å². The van der Waals surface area contributed by atoms with Crippen molar-refractivity contribution in [1.29, 1.82) is 0 Å². The first kappa shape index (κ1) is 29.0. The van der Waals surface area contributed by atoms with Crippen LogP contribution in [0.3, 0.4) is 0 Å². The lowest BCUT2D eigenvalue weighted by molar-refractivity contribution is -0.205. The van der Waals surface area contributed by atoms with Crippen molar-refractivity contribution in [1.82, 2.24) is 16.0 Å². The summed E-state index contributed by atoms with van der Waals surface area (Å²) in [7, 11) is 0. The minimum atomic E-state index is -1.43. The molecule has 3 aliphatic heterocycles. The Kier molecular flexibility index (Phi) is 10.1. The predicted octanol–water partition coefficient (Wildman–Crippen LogP) is 0.334. The number of carbonyl (C=O) groups excluding carboxylic acids is 1. The van der Waals surface area contributed by atoms with E-state index < -0.39 is 47.3 Å². The molecule has 1 aromatic rings. The van der Waals surface area contributed by atoms with Gasteiger partial charge in [0.1, 0.15) is 41.7 Å². The largest absolute Gasteiger partial charge is 0.388 e. The van der Waals surface area contributed by atoms with Crippen LogP contribution in [0.2, 0.25) is 0 Å². The van der Waals surface area contributed by atoms with E-state index in [0.29, 0.717) is 19.7 Å². The topological polar surface area (TPSA) is 132 Å². The first-order chi connectivity index (χ1) is 17.7. The van der Waals surface area contributed by atoms with E-state index in [4.69, 9.17) is 21.1 Å². The number of nitrogens with one attached hydrogen (secondary N) is 3. The number of aliphatic hydroxyl groups excluding tert-OH is 3. The van der Waals surface area contributed by atoms with Crippen molar-refractivity contribution >= 4 is 29.3 Å². The number of benzene rings is 1. The summed E-state index contributed by atoms with van der Waals surface area (Å²) in [4.78, 5) is 13.4. The molecule has 1 amide bonds. The highest BCUT2D eigenvalue weighted by Crippen LogP contribution is 2.31. The van der Waals surface area contributed by atoms with E-state index in [2.05, 4.69) is 16.0 Å². The fraction of sp³-hybridized carbons (Fsp3) is 0.720. The Hall–Kier alpha value is -1.02. The molecule has 1 aromatic carbocycles. The van der Waals surface area contributed by atoms with Crippen LogP contribution in [0.25, 0.3) is 0 Å². The van der Waals surface area contributed by atoms with Crippen LogP contribution in [0.4, 0.5) is 4.39 Å². The molecule has 0 saturated carbocycles. The third-order valence-corrected chi connectivity index (χ3v) is 8.65. The van der Waals surface area contributed by atoms with Crippen molar-refractivity contribution in [3.63, 3.8) is 0 Å². The molecular weight excluding hydrogens is 525 g/mol. The molecule has 6 N–H and O–H groups in total. The molecule has 208 valence electrons. The molecule has 9 nitrogen and oxygen atoms in total. The fourth-order valence-electron chi connectivity index (χ4n) is 5.48. The molecule has 3 heterocycles. The number of hydrogen-bond acceptors (Lipinski definition) is 9. The highest BCUT2D eigenvalue weighted by Gasteiger charge is 2.49. The van der Waals surface area contributed by atoms with Gasteiger partial charge in [-0.2, -0.15) is 0 Å². The monoisotopic (exact) mass is 561 g/mol. The van der Waals surface area contributed by atoms with E-state index >= 15 is 0 Å². The van der Waals surface area contributed by atoms with Crippen LogP contribution < -0.4 is 16.0 Å². The Bertz CT molecular complexity index is 917. The Morgan fingerprint density at radius 1 is 1.30 bits per heavy atom. The van der Waals surface area contributed by atoms with E-state index in [0.717, 1.165) is 18.4 Å². The van der Waals surface area contributed by atoms with E-state index in [1.807, 2.05) is 6.07 Å². The molecule has 0 bridgehead atoms. The van der Waals surface area contributed by atoms with E-state index in [1.54, 1.807) is 19.2 Å². The molecule has 4 unspecified atom stereocenters. The van der Waals surface area contributed by atoms with Gasteiger partial charge in [0.05, 0.1) is 17.5 Å². The van der Waals surface area contributed by atoms with Crippen molar-refractivity contribution in [3.05, 3.63) is 35.6 Å². The summed E-state index contributed by atoms with van der Waals surface area (Å²) in [5.74, 6) is -0.486. The number of aliphatic hydroxyl groups is 3. The number of hydrogen-bond donors (Lipinski definition) is 6. The van der Waals surface area contributed by atoms with Gasteiger partial charge in [-0.25, -0.2) is 4.39 Å².